The molecule has 0 bridgehead atoms. The van der Waals surface area contributed by atoms with Gasteiger partial charge in [-0.05, 0) is 49.2 Å². The molecule has 130 valence electrons. The van der Waals surface area contributed by atoms with Gasteiger partial charge in [0, 0.05) is 12.2 Å². The Bertz CT molecular complexity index is 741. The van der Waals surface area contributed by atoms with E-state index >= 15 is 0 Å². The summed E-state index contributed by atoms with van der Waals surface area (Å²) < 4.78 is 27.0. The summed E-state index contributed by atoms with van der Waals surface area (Å²) in [5.41, 5.74) is 1.31. The van der Waals surface area contributed by atoms with Gasteiger partial charge in [0.2, 0.25) is 5.91 Å². The van der Waals surface area contributed by atoms with Crippen LogP contribution >= 0.6 is 11.3 Å². The molecule has 0 atom stereocenters. The second-order valence-electron chi connectivity index (χ2n) is 5.22. The molecule has 0 aliphatic heterocycles. The predicted molar refractivity (Wildman–Crippen MR) is 96.8 cm³/mol. The van der Waals surface area contributed by atoms with E-state index in [0.717, 1.165) is 29.9 Å². The van der Waals surface area contributed by atoms with Crippen molar-refractivity contribution in [2.45, 2.75) is 17.1 Å². The molecule has 24 heavy (non-hydrogen) atoms. The summed E-state index contributed by atoms with van der Waals surface area (Å²) in [7, 11) is -1.67. The maximum atomic E-state index is 12.1. The fourth-order valence-corrected chi connectivity index (χ4v) is 4.10. The highest BCUT2D eigenvalue weighted by Crippen LogP contribution is 2.20. The van der Waals surface area contributed by atoms with Crippen LogP contribution in [0.5, 0.6) is 0 Å². The first-order valence-electron chi connectivity index (χ1n) is 7.58. The van der Waals surface area contributed by atoms with Gasteiger partial charge in [0.15, 0.2) is 0 Å². The van der Waals surface area contributed by atoms with Gasteiger partial charge in [-0.25, -0.2) is 8.42 Å². The first-order valence-corrected chi connectivity index (χ1v) is 9.94. The van der Waals surface area contributed by atoms with E-state index in [0.29, 0.717) is 12.2 Å². The summed E-state index contributed by atoms with van der Waals surface area (Å²) in [6.07, 6.45) is 1.16. The Hall–Kier alpha value is -1.90. The van der Waals surface area contributed by atoms with E-state index in [2.05, 4.69) is 15.4 Å². The van der Waals surface area contributed by atoms with E-state index in [4.69, 9.17) is 0 Å². The molecule has 2 aromatic rings. The number of carbonyl (C=O) groups is 1. The number of carbonyl (C=O) groups excluding carboxylic acids is 1. The third kappa shape index (κ3) is 5.63. The summed E-state index contributed by atoms with van der Waals surface area (Å²) in [4.78, 5) is 11.8. The fourth-order valence-electron chi connectivity index (χ4n) is 2.05. The van der Waals surface area contributed by atoms with Crippen LogP contribution in [0.2, 0.25) is 0 Å². The van der Waals surface area contributed by atoms with Crippen LogP contribution in [-0.4, -0.2) is 34.5 Å². The van der Waals surface area contributed by atoms with Gasteiger partial charge >= 0.3 is 0 Å². The number of anilines is 1. The minimum absolute atomic E-state index is 0.0435. The van der Waals surface area contributed by atoms with Gasteiger partial charge in [0.25, 0.3) is 10.0 Å². The highest BCUT2D eigenvalue weighted by Gasteiger charge is 2.15. The topological polar surface area (TPSA) is 87.3 Å². The van der Waals surface area contributed by atoms with Crippen LogP contribution in [0.3, 0.4) is 0 Å². The summed E-state index contributed by atoms with van der Waals surface area (Å²) in [6.45, 7) is 1.50. The van der Waals surface area contributed by atoms with Crippen LogP contribution in [0.15, 0.2) is 46.0 Å². The lowest BCUT2D eigenvalue weighted by Gasteiger charge is -2.08. The molecule has 0 saturated heterocycles. The molecule has 1 aromatic heterocycles. The lowest BCUT2D eigenvalue weighted by atomic mass is 10.1. The number of amides is 1. The van der Waals surface area contributed by atoms with Crippen molar-refractivity contribution in [2.75, 3.05) is 24.9 Å². The molecule has 3 N–H and O–H groups in total. The number of rotatable bonds is 9. The standard InChI is InChI=1S/C16H21N3O3S2/c1-17-9-3-10-18-15(20)12-13-5-7-14(8-6-13)19-24(21,22)16-4-2-11-23-16/h2,4-8,11,17,19H,3,9-10,12H2,1H3,(H,18,20). The van der Waals surface area contributed by atoms with Crippen molar-refractivity contribution in [3.05, 3.63) is 47.3 Å². The Morgan fingerprint density at radius 2 is 1.88 bits per heavy atom. The van der Waals surface area contributed by atoms with Crippen LogP contribution in [0.4, 0.5) is 5.69 Å². The van der Waals surface area contributed by atoms with Gasteiger partial charge in [-0.1, -0.05) is 18.2 Å². The van der Waals surface area contributed by atoms with Crippen molar-refractivity contribution >= 4 is 33.0 Å². The highest BCUT2D eigenvalue weighted by molar-refractivity contribution is 7.94. The summed E-state index contributed by atoms with van der Waals surface area (Å²) >= 11 is 1.16. The summed E-state index contributed by atoms with van der Waals surface area (Å²) in [6, 6.07) is 10.1. The lowest BCUT2D eigenvalue weighted by Crippen LogP contribution is -2.27. The average Bonchev–Trinajstić information content (AvgIpc) is 3.09. The van der Waals surface area contributed by atoms with Crippen LogP contribution in [0.1, 0.15) is 12.0 Å². The van der Waals surface area contributed by atoms with Crippen molar-refractivity contribution in [3.8, 4) is 0 Å². The molecule has 0 radical (unpaired) electrons. The first kappa shape index (κ1) is 18.4. The number of thiophene rings is 1. The Labute approximate surface area is 146 Å². The van der Waals surface area contributed by atoms with Gasteiger partial charge < -0.3 is 10.6 Å². The van der Waals surface area contributed by atoms with E-state index in [1.807, 2.05) is 7.05 Å². The van der Waals surface area contributed by atoms with Crippen molar-refractivity contribution in [1.82, 2.24) is 10.6 Å². The molecule has 6 nitrogen and oxygen atoms in total. The molecule has 0 aliphatic carbocycles. The minimum Gasteiger partial charge on any atom is -0.356 e. The quantitative estimate of drug-likeness (QED) is 0.590. The number of benzene rings is 1. The first-order chi connectivity index (χ1) is 11.5. The Balaban J connectivity index is 1.88. The SMILES string of the molecule is CNCCCNC(=O)Cc1ccc(NS(=O)(=O)c2cccs2)cc1. The molecular weight excluding hydrogens is 346 g/mol. The average molecular weight is 367 g/mol. The summed E-state index contributed by atoms with van der Waals surface area (Å²) in [5.74, 6) is -0.0435. The van der Waals surface area contributed by atoms with E-state index in [1.54, 1.807) is 41.8 Å². The Morgan fingerprint density at radius 1 is 1.12 bits per heavy atom. The molecule has 1 heterocycles. The molecule has 0 unspecified atom stereocenters. The van der Waals surface area contributed by atoms with Crippen molar-refractivity contribution in [1.29, 1.82) is 0 Å². The van der Waals surface area contributed by atoms with E-state index in [-0.39, 0.29) is 16.5 Å². The van der Waals surface area contributed by atoms with Crippen LogP contribution in [-0.2, 0) is 21.2 Å². The predicted octanol–water partition coefficient (Wildman–Crippen LogP) is 1.82. The molecule has 0 spiro atoms. The molecule has 2 rings (SSSR count). The second-order valence-corrected chi connectivity index (χ2v) is 8.08. The van der Waals surface area contributed by atoms with E-state index in [9.17, 15) is 13.2 Å². The van der Waals surface area contributed by atoms with E-state index < -0.39 is 10.0 Å². The number of hydrogen-bond donors (Lipinski definition) is 3. The summed E-state index contributed by atoms with van der Waals surface area (Å²) in [5, 5.41) is 7.58. The van der Waals surface area contributed by atoms with Crippen LogP contribution in [0, 0.1) is 0 Å². The zero-order valence-corrected chi connectivity index (χ0v) is 15.0. The zero-order chi connectivity index (χ0) is 17.4. The van der Waals surface area contributed by atoms with Crippen molar-refractivity contribution in [2.24, 2.45) is 0 Å². The monoisotopic (exact) mass is 367 g/mol. The number of sulfonamides is 1. The second kappa shape index (κ2) is 8.81. The third-order valence-corrected chi connectivity index (χ3v) is 6.04. The Morgan fingerprint density at radius 3 is 2.50 bits per heavy atom. The molecule has 0 saturated carbocycles. The fraction of sp³-hybridized carbons (Fsp3) is 0.312. The smallest absolute Gasteiger partial charge is 0.271 e. The van der Waals surface area contributed by atoms with Gasteiger partial charge in [-0.2, -0.15) is 0 Å². The van der Waals surface area contributed by atoms with Gasteiger partial charge in [0.1, 0.15) is 4.21 Å². The van der Waals surface area contributed by atoms with Crippen LogP contribution < -0.4 is 15.4 Å². The van der Waals surface area contributed by atoms with Crippen LogP contribution in [0.25, 0.3) is 0 Å². The molecular formula is C16H21N3O3S2. The zero-order valence-electron chi connectivity index (χ0n) is 13.4. The maximum absolute atomic E-state index is 12.1. The molecule has 1 amide bonds. The molecule has 0 fully saturated rings. The lowest BCUT2D eigenvalue weighted by molar-refractivity contribution is -0.120. The van der Waals surface area contributed by atoms with Crippen molar-refractivity contribution < 1.29 is 13.2 Å². The molecule has 8 heteroatoms. The highest BCUT2D eigenvalue weighted by atomic mass is 32.2. The normalized spacial score (nSPS) is 11.2. The van der Waals surface area contributed by atoms with E-state index in [1.165, 1.54) is 0 Å². The molecule has 0 aliphatic rings. The minimum atomic E-state index is -3.54. The number of hydrogen-bond acceptors (Lipinski definition) is 5. The van der Waals surface area contributed by atoms with Gasteiger partial charge in [0.05, 0.1) is 6.42 Å². The largest absolute Gasteiger partial charge is 0.356 e. The van der Waals surface area contributed by atoms with Gasteiger partial charge in [-0.15, -0.1) is 11.3 Å². The maximum Gasteiger partial charge on any atom is 0.271 e. The van der Waals surface area contributed by atoms with Gasteiger partial charge in [-0.3, -0.25) is 9.52 Å². The number of nitrogens with one attached hydrogen (secondary N) is 3. The van der Waals surface area contributed by atoms with Crippen molar-refractivity contribution in [3.63, 3.8) is 0 Å². The third-order valence-electron chi connectivity index (χ3n) is 3.26. The Kier molecular flexibility index (Phi) is 6.77. The molecule has 1 aromatic carbocycles.